The second-order valence-electron chi connectivity index (χ2n) is 7.46. The normalized spacial score (nSPS) is 15.0. The molecule has 0 bridgehead atoms. The quantitative estimate of drug-likeness (QED) is 0.831. The van der Waals surface area contributed by atoms with Crippen molar-refractivity contribution < 1.29 is 4.79 Å². The predicted molar refractivity (Wildman–Crippen MR) is 108 cm³/mol. The third-order valence-electron chi connectivity index (χ3n) is 4.78. The number of likely N-dealkylation sites (tertiary alicyclic amines) is 1. The first-order valence-corrected chi connectivity index (χ1v) is 9.50. The Labute approximate surface area is 164 Å². The summed E-state index contributed by atoms with van der Waals surface area (Å²) in [7, 11) is 3.87. The Hall–Kier alpha value is -2.97. The van der Waals surface area contributed by atoms with Crippen LogP contribution < -0.4 is 15.8 Å². The number of aromatic nitrogens is 4. The highest BCUT2D eigenvalue weighted by atomic mass is 16.2. The van der Waals surface area contributed by atoms with Crippen molar-refractivity contribution in [3.8, 4) is 0 Å². The summed E-state index contributed by atoms with van der Waals surface area (Å²) in [6.45, 7) is 5.00. The highest BCUT2D eigenvalue weighted by Gasteiger charge is 2.25. The average Bonchev–Trinajstić information content (AvgIpc) is 2.68. The van der Waals surface area contributed by atoms with Gasteiger partial charge in [0.05, 0.1) is 6.04 Å². The Balaban J connectivity index is 1.61. The van der Waals surface area contributed by atoms with E-state index in [1.807, 2.05) is 38.9 Å². The van der Waals surface area contributed by atoms with Gasteiger partial charge in [0.2, 0.25) is 0 Å². The third kappa shape index (κ3) is 4.47. The van der Waals surface area contributed by atoms with Gasteiger partial charge in [0, 0.05) is 45.4 Å². The van der Waals surface area contributed by atoms with Crippen molar-refractivity contribution in [2.75, 3.05) is 37.4 Å². The fourth-order valence-corrected chi connectivity index (χ4v) is 3.18. The van der Waals surface area contributed by atoms with Gasteiger partial charge in [0.1, 0.15) is 23.7 Å². The molecule has 3 rings (SSSR count). The van der Waals surface area contributed by atoms with E-state index in [0.717, 1.165) is 24.5 Å². The number of amides is 1. The number of nitrogens with one attached hydrogen (secondary N) is 1. The van der Waals surface area contributed by atoms with Gasteiger partial charge in [-0.05, 0) is 32.8 Å². The van der Waals surface area contributed by atoms with Crippen LogP contribution in [0.25, 0.3) is 0 Å². The number of nitrogens with zero attached hydrogens (tertiary/aromatic N) is 6. The molecule has 0 spiro atoms. The van der Waals surface area contributed by atoms with Gasteiger partial charge < -0.3 is 15.1 Å². The second-order valence-corrected chi connectivity index (χ2v) is 7.46. The van der Waals surface area contributed by atoms with E-state index < -0.39 is 0 Å². The van der Waals surface area contributed by atoms with Gasteiger partial charge >= 0.3 is 0 Å². The summed E-state index contributed by atoms with van der Waals surface area (Å²) in [6, 6.07) is 4.99. The Bertz CT molecular complexity index is 886. The third-order valence-corrected chi connectivity index (χ3v) is 4.78. The molecule has 3 heterocycles. The Kier molecular flexibility index (Phi) is 5.91. The summed E-state index contributed by atoms with van der Waals surface area (Å²) in [5.41, 5.74) is 0.113. The van der Waals surface area contributed by atoms with Crippen molar-refractivity contribution in [1.29, 1.82) is 0 Å². The first kappa shape index (κ1) is 19.8. The standard InChI is InChI=1S/C19H27N7O2/c1-13(2)26-18(27)6-5-15(23-26)19(28)25-9-7-14(8-10-25)22-16-11-17(24(3)4)21-12-20-16/h5-6,11-14H,7-10H2,1-4H3,(H,20,21,22). The van der Waals surface area contributed by atoms with E-state index in [1.165, 1.54) is 16.8 Å². The topological polar surface area (TPSA) is 96.2 Å². The lowest BCUT2D eigenvalue weighted by Gasteiger charge is -2.32. The number of hydrogen-bond donors (Lipinski definition) is 1. The number of carbonyl (C=O) groups excluding carboxylic acids is 1. The SMILES string of the molecule is CC(C)n1nc(C(=O)N2CCC(Nc3cc(N(C)C)ncn3)CC2)ccc1=O. The number of carbonyl (C=O) groups is 1. The Morgan fingerprint density at radius 1 is 1.21 bits per heavy atom. The summed E-state index contributed by atoms with van der Waals surface area (Å²) in [5.74, 6) is 1.50. The fraction of sp³-hybridized carbons (Fsp3) is 0.526. The van der Waals surface area contributed by atoms with Crippen LogP contribution in [0.5, 0.6) is 0 Å². The van der Waals surface area contributed by atoms with Crippen molar-refractivity contribution in [2.45, 2.75) is 38.8 Å². The van der Waals surface area contributed by atoms with E-state index in [4.69, 9.17) is 0 Å². The zero-order chi connectivity index (χ0) is 20.3. The molecule has 1 saturated heterocycles. The lowest BCUT2D eigenvalue weighted by atomic mass is 10.0. The molecule has 0 saturated carbocycles. The van der Waals surface area contributed by atoms with E-state index >= 15 is 0 Å². The smallest absolute Gasteiger partial charge is 0.274 e. The molecule has 28 heavy (non-hydrogen) atoms. The molecule has 2 aromatic heterocycles. The Morgan fingerprint density at radius 3 is 2.57 bits per heavy atom. The zero-order valence-corrected chi connectivity index (χ0v) is 16.8. The molecule has 1 amide bonds. The van der Waals surface area contributed by atoms with Crippen LogP contribution in [0.15, 0.2) is 29.3 Å². The van der Waals surface area contributed by atoms with Crippen LogP contribution in [-0.4, -0.2) is 63.8 Å². The largest absolute Gasteiger partial charge is 0.367 e. The summed E-state index contributed by atoms with van der Waals surface area (Å²) < 4.78 is 1.35. The lowest BCUT2D eigenvalue weighted by Crippen LogP contribution is -2.43. The van der Waals surface area contributed by atoms with Crippen molar-refractivity contribution in [2.24, 2.45) is 0 Å². The predicted octanol–water partition coefficient (Wildman–Crippen LogP) is 1.40. The number of hydrogen-bond acceptors (Lipinski definition) is 7. The van der Waals surface area contributed by atoms with E-state index in [1.54, 1.807) is 11.2 Å². The molecule has 0 aromatic carbocycles. The van der Waals surface area contributed by atoms with Gasteiger partial charge in [-0.15, -0.1) is 0 Å². The number of rotatable bonds is 5. The molecule has 150 valence electrons. The molecule has 0 aliphatic carbocycles. The van der Waals surface area contributed by atoms with Crippen LogP contribution in [0.3, 0.4) is 0 Å². The average molecular weight is 385 g/mol. The monoisotopic (exact) mass is 385 g/mol. The van der Waals surface area contributed by atoms with Crippen molar-refractivity contribution in [1.82, 2.24) is 24.6 Å². The second kappa shape index (κ2) is 8.37. The molecule has 1 aliphatic rings. The molecule has 0 unspecified atom stereocenters. The summed E-state index contributed by atoms with van der Waals surface area (Å²) in [5, 5.41) is 7.67. The van der Waals surface area contributed by atoms with Crippen LogP contribution >= 0.6 is 0 Å². The van der Waals surface area contributed by atoms with Crippen molar-refractivity contribution in [3.05, 3.63) is 40.6 Å². The first-order chi connectivity index (χ1) is 13.3. The highest BCUT2D eigenvalue weighted by molar-refractivity contribution is 5.92. The minimum Gasteiger partial charge on any atom is -0.367 e. The van der Waals surface area contributed by atoms with Crippen molar-refractivity contribution in [3.63, 3.8) is 0 Å². The van der Waals surface area contributed by atoms with Crippen LogP contribution in [0.2, 0.25) is 0 Å². The number of anilines is 2. The zero-order valence-electron chi connectivity index (χ0n) is 16.8. The van der Waals surface area contributed by atoms with Crippen LogP contribution in [-0.2, 0) is 0 Å². The Morgan fingerprint density at radius 2 is 1.93 bits per heavy atom. The van der Waals surface area contributed by atoms with Crippen LogP contribution in [0, 0.1) is 0 Å². The molecule has 2 aromatic rings. The van der Waals surface area contributed by atoms with Gasteiger partial charge in [-0.2, -0.15) is 5.10 Å². The maximum absolute atomic E-state index is 12.8. The van der Waals surface area contributed by atoms with Crippen LogP contribution in [0.4, 0.5) is 11.6 Å². The fourth-order valence-electron chi connectivity index (χ4n) is 3.18. The molecule has 9 nitrogen and oxygen atoms in total. The maximum Gasteiger partial charge on any atom is 0.274 e. The minimum atomic E-state index is -0.198. The van der Waals surface area contributed by atoms with E-state index in [9.17, 15) is 9.59 Å². The van der Waals surface area contributed by atoms with E-state index in [-0.39, 0.29) is 23.6 Å². The van der Waals surface area contributed by atoms with Crippen LogP contribution in [0.1, 0.15) is 43.2 Å². The molecule has 0 atom stereocenters. The van der Waals surface area contributed by atoms with Gasteiger partial charge in [-0.25, -0.2) is 14.6 Å². The van der Waals surface area contributed by atoms with E-state index in [2.05, 4.69) is 20.4 Å². The minimum absolute atomic E-state index is 0.0879. The van der Waals surface area contributed by atoms with Gasteiger partial charge in [-0.3, -0.25) is 9.59 Å². The van der Waals surface area contributed by atoms with E-state index in [0.29, 0.717) is 18.8 Å². The summed E-state index contributed by atoms with van der Waals surface area (Å²) >= 11 is 0. The molecule has 1 aliphatic heterocycles. The molecular formula is C19H27N7O2. The number of piperidine rings is 1. The lowest BCUT2D eigenvalue weighted by molar-refractivity contribution is 0.0709. The summed E-state index contributed by atoms with van der Waals surface area (Å²) in [6.07, 6.45) is 3.18. The molecule has 9 heteroatoms. The first-order valence-electron chi connectivity index (χ1n) is 9.50. The molecule has 0 radical (unpaired) electrons. The van der Waals surface area contributed by atoms with Gasteiger partial charge in [-0.1, -0.05) is 0 Å². The molecular weight excluding hydrogens is 358 g/mol. The van der Waals surface area contributed by atoms with Crippen molar-refractivity contribution >= 4 is 17.5 Å². The maximum atomic E-state index is 12.8. The van der Waals surface area contributed by atoms with Gasteiger partial charge in [0.25, 0.3) is 11.5 Å². The molecule has 1 fully saturated rings. The molecule has 1 N–H and O–H groups in total. The highest BCUT2D eigenvalue weighted by Crippen LogP contribution is 2.18. The summed E-state index contributed by atoms with van der Waals surface area (Å²) in [4.78, 5) is 36.8. The van der Waals surface area contributed by atoms with Gasteiger partial charge in [0.15, 0.2) is 0 Å².